The van der Waals surface area contributed by atoms with E-state index in [1.54, 1.807) is 19.5 Å². The minimum Gasteiger partial charge on any atom is -0.383 e. The number of benzene rings is 1. The molecule has 3 rings (SSSR count). The molecule has 0 radical (unpaired) electrons. The molecule has 7 heteroatoms. The van der Waals surface area contributed by atoms with Crippen molar-refractivity contribution in [1.82, 2.24) is 20.2 Å². The Hall–Kier alpha value is -2.67. The molecule has 1 aromatic carbocycles. The average molecular weight is 384 g/mol. The Morgan fingerprint density at radius 3 is 2.86 bits per heavy atom. The highest BCUT2D eigenvalue weighted by Gasteiger charge is 2.24. The number of hydrogen-bond acceptors (Lipinski definition) is 4. The van der Waals surface area contributed by atoms with Crippen molar-refractivity contribution in [2.45, 2.75) is 25.7 Å². The van der Waals surface area contributed by atoms with E-state index in [0.717, 1.165) is 43.7 Å². The Bertz CT molecular complexity index is 768. The van der Waals surface area contributed by atoms with Gasteiger partial charge in [0.25, 0.3) is 5.91 Å². The number of nitrogens with zero attached hydrogens (tertiary/aromatic N) is 2. The van der Waals surface area contributed by atoms with Crippen LogP contribution in [-0.4, -0.2) is 60.0 Å². The first-order chi connectivity index (χ1) is 13.7. The molecule has 0 aliphatic carbocycles. The van der Waals surface area contributed by atoms with Gasteiger partial charge in [0.2, 0.25) is 5.91 Å². The zero-order valence-corrected chi connectivity index (χ0v) is 16.3. The van der Waals surface area contributed by atoms with Crippen LogP contribution in [0.15, 0.2) is 36.7 Å². The molecule has 1 aliphatic heterocycles. The number of aromatic nitrogens is 2. The molecule has 2 N–H and O–H groups in total. The zero-order valence-electron chi connectivity index (χ0n) is 16.3. The van der Waals surface area contributed by atoms with Gasteiger partial charge < -0.3 is 19.9 Å². The molecule has 28 heavy (non-hydrogen) atoms. The van der Waals surface area contributed by atoms with E-state index >= 15 is 0 Å². The first kappa shape index (κ1) is 20.1. The molecule has 1 saturated heterocycles. The first-order valence-electron chi connectivity index (χ1n) is 9.82. The van der Waals surface area contributed by atoms with E-state index in [0.29, 0.717) is 31.1 Å². The maximum atomic E-state index is 12.9. The highest BCUT2D eigenvalue weighted by Crippen LogP contribution is 2.24. The lowest BCUT2D eigenvalue weighted by atomic mass is 9.91. The Morgan fingerprint density at radius 2 is 2.14 bits per heavy atom. The summed E-state index contributed by atoms with van der Waals surface area (Å²) in [5.74, 6) is 1.39. The molecule has 1 fully saturated rings. The van der Waals surface area contributed by atoms with Gasteiger partial charge in [-0.1, -0.05) is 12.1 Å². The Labute approximate surface area is 165 Å². The van der Waals surface area contributed by atoms with Crippen LogP contribution in [0.3, 0.4) is 0 Å². The van der Waals surface area contributed by atoms with Crippen molar-refractivity contribution in [1.29, 1.82) is 0 Å². The number of ether oxygens (including phenoxy) is 1. The number of hydrogen-bond donors (Lipinski definition) is 2. The summed E-state index contributed by atoms with van der Waals surface area (Å²) in [5.41, 5.74) is 1.59. The third-order valence-electron chi connectivity index (χ3n) is 5.19. The number of piperidine rings is 1. The highest BCUT2D eigenvalue weighted by atomic mass is 16.5. The van der Waals surface area contributed by atoms with Crippen molar-refractivity contribution in [3.63, 3.8) is 0 Å². The third-order valence-corrected chi connectivity index (χ3v) is 5.19. The van der Waals surface area contributed by atoms with Gasteiger partial charge in [-0.15, -0.1) is 0 Å². The molecular formula is C21H28N4O3. The molecule has 0 spiro atoms. The van der Waals surface area contributed by atoms with Crippen LogP contribution in [0.4, 0.5) is 0 Å². The molecule has 150 valence electrons. The second-order valence-electron chi connectivity index (χ2n) is 7.14. The SMILES string of the molecule is COCCNC(=O)CCC1CCN(C(=O)c2cccc(-c3ncc[nH]3)c2)CC1. The molecule has 7 nitrogen and oxygen atoms in total. The van der Waals surface area contributed by atoms with Crippen LogP contribution >= 0.6 is 0 Å². The normalized spacial score (nSPS) is 14.8. The quantitative estimate of drug-likeness (QED) is 0.685. The van der Waals surface area contributed by atoms with Gasteiger partial charge in [0, 0.05) is 56.7 Å². The topological polar surface area (TPSA) is 87.3 Å². The van der Waals surface area contributed by atoms with E-state index in [9.17, 15) is 9.59 Å². The van der Waals surface area contributed by atoms with Crippen LogP contribution in [-0.2, 0) is 9.53 Å². The van der Waals surface area contributed by atoms with E-state index in [4.69, 9.17) is 4.74 Å². The summed E-state index contributed by atoms with van der Waals surface area (Å²) in [4.78, 5) is 33.9. The number of carbonyl (C=O) groups excluding carboxylic acids is 2. The van der Waals surface area contributed by atoms with E-state index in [2.05, 4.69) is 15.3 Å². The smallest absolute Gasteiger partial charge is 0.253 e. The van der Waals surface area contributed by atoms with Gasteiger partial charge in [0.05, 0.1) is 6.61 Å². The fraction of sp³-hybridized carbons (Fsp3) is 0.476. The summed E-state index contributed by atoms with van der Waals surface area (Å²) in [6, 6.07) is 7.57. The Morgan fingerprint density at radius 1 is 1.32 bits per heavy atom. The highest BCUT2D eigenvalue weighted by molar-refractivity contribution is 5.95. The first-order valence-corrected chi connectivity index (χ1v) is 9.82. The van der Waals surface area contributed by atoms with Crippen molar-refractivity contribution in [2.75, 3.05) is 33.4 Å². The molecular weight excluding hydrogens is 356 g/mol. The van der Waals surface area contributed by atoms with E-state index in [1.807, 2.05) is 29.2 Å². The minimum absolute atomic E-state index is 0.0594. The number of aromatic amines is 1. The second-order valence-corrected chi connectivity index (χ2v) is 7.14. The van der Waals surface area contributed by atoms with Gasteiger partial charge in [-0.3, -0.25) is 9.59 Å². The summed E-state index contributed by atoms with van der Waals surface area (Å²) in [6.45, 7) is 2.56. The van der Waals surface area contributed by atoms with E-state index < -0.39 is 0 Å². The van der Waals surface area contributed by atoms with Crippen LogP contribution in [0.1, 0.15) is 36.0 Å². The van der Waals surface area contributed by atoms with Crippen LogP contribution in [0.5, 0.6) is 0 Å². The third kappa shape index (κ3) is 5.42. The van der Waals surface area contributed by atoms with E-state index in [-0.39, 0.29) is 11.8 Å². The number of methoxy groups -OCH3 is 1. The molecule has 1 aromatic heterocycles. The summed E-state index contributed by atoms with van der Waals surface area (Å²) < 4.78 is 4.93. The predicted octanol–water partition coefficient (Wildman–Crippen LogP) is 2.47. The lowest BCUT2D eigenvalue weighted by Crippen LogP contribution is -2.38. The predicted molar refractivity (Wildman–Crippen MR) is 107 cm³/mol. The Kier molecular flexibility index (Phi) is 7.19. The van der Waals surface area contributed by atoms with Gasteiger partial charge >= 0.3 is 0 Å². The number of nitrogens with one attached hydrogen (secondary N) is 2. The summed E-state index contributed by atoms with van der Waals surface area (Å²) in [7, 11) is 1.62. The standard InChI is InChI=1S/C21H28N4O3/c1-28-14-11-22-19(26)6-5-16-7-12-25(13-8-16)21(27)18-4-2-3-17(15-18)20-23-9-10-24-20/h2-4,9-10,15-16H,5-8,11-14H2,1H3,(H,22,26)(H,23,24). The number of H-pyrrole nitrogens is 1. The summed E-state index contributed by atoms with van der Waals surface area (Å²) in [6.07, 6.45) is 6.76. The fourth-order valence-corrected chi connectivity index (χ4v) is 3.55. The number of imidazole rings is 1. The lowest BCUT2D eigenvalue weighted by Gasteiger charge is -2.32. The molecule has 0 unspecified atom stereocenters. The van der Waals surface area contributed by atoms with Gasteiger partial charge in [0.15, 0.2) is 0 Å². The van der Waals surface area contributed by atoms with Crippen molar-refractivity contribution in [3.8, 4) is 11.4 Å². The number of likely N-dealkylation sites (tertiary alicyclic amines) is 1. The maximum absolute atomic E-state index is 12.9. The molecule has 0 saturated carbocycles. The van der Waals surface area contributed by atoms with Crippen LogP contribution in [0, 0.1) is 5.92 Å². The number of carbonyl (C=O) groups is 2. The lowest BCUT2D eigenvalue weighted by molar-refractivity contribution is -0.121. The van der Waals surface area contributed by atoms with Crippen LogP contribution in [0.2, 0.25) is 0 Å². The van der Waals surface area contributed by atoms with Crippen molar-refractivity contribution >= 4 is 11.8 Å². The average Bonchev–Trinajstić information content (AvgIpc) is 3.27. The monoisotopic (exact) mass is 384 g/mol. The molecule has 2 heterocycles. The minimum atomic E-state index is 0.0594. The van der Waals surface area contributed by atoms with Crippen molar-refractivity contribution in [3.05, 3.63) is 42.2 Å². The second kappa shape index (κ2) is 10.0. The van der Waals surface area contributed by atoms with Crippen molar-refractivity contribution in [2.24, 2.45) is 5.92 Å². The maximum Gasteiger partial charge on any atom is 0.253 e. The molecule has 2 amide bonds. The van der Waals surface area contributed by atoms with E-state index in [1.165, 1.54) is 0 Å². The molecule has 0 bridgehead atoms. The largest absolute Gasteiger partial charge is 0.383 e. The number of rotatable bonds is 8. The van der Waals surface area contributed by atoms with Crippen LogP contribution < -0.4 is 5.32 Å². The van der Waals surface area contributed by atoms with Crippen molar-refractivity contribution < 1.29 is 14.3 Å². The number of amides is 2. The zero-order chi connectivity index (χ0) is 19.8. The Balaban J connectivity index is 1.46. The summed E-state index contributed by atoms with van der Waals surface area (Å²) in [5, 5.41) is 2.85. The van der Waals surface area contributed by atoms with Gasteiger partial charge in [-0.25, -0.2) is 4.98 Å². The van der Waals surface area contributed by atoms with Gasteiger partial charge in [0.1, 0.15) is 5.82 Å². The van der Waals surface area contributed by atoms with Crippen LogP contribution in [0.25, 0.3) is 11.4 Å². The fourth-order valence-electron chi connectivity index (χ4n) is 3.55. The van der Waals surface area contributed by atoms with Gasteiger partial charge in [-0.05, 0) is 37.3 Å². The molecule has 0 atom stereocenters. The summed E-state index contributed by atoms with van der Waals surface area (Å²) >= 11 is 0. The molecule has 1 aliphatic rings. The molecule has 2 aromatic rings. The van der Waals surface area contributed by atoms with Gasteiger partial charge in [-0.2, -0.15) is 0 Å².